The minimum atomic E-state index is -0.620. The average molecular weight is 632 g/mol. The molecular formula is C33H32F3N7O3. The Morgan fingerprint density at radius 3 is 2.15 bits per heavy atom. The average Bonchev–Trinajstić information content (AvgIpc) is 3.07. The van der Waals surface area contributed by atoms with Gasteiger partial charge in [0.1, 0.15) is 17.5 Å². The highest BCUT2D eigenvalue weighted by Crippen LogP contribution is 2.34. The maximum Gasteiger partial charge on any atom is 0.247 e. The molecule has 2 aliphatic rings. The maximum absolute atomic E-state index is 15.2. The van der Waals surface area contributed by atoms with Gasteiger partial charge in [0.15, 0.2) is 0 Å². The molecule has 0 bridgehead atoms. The molecule has 1 aromatic heterocycles. The number of benzene rings is 3. The number of carbonyl (C=O) groups excluding carboxylic acids is 1. The van der Waals surface area contributed by atoms with Crippen molar-refractivity contribution < 1.29 is 27.4 Å². The molecule has 3 heterocycles. The Kier molecular flexibility index (Phi) is 9.31. The molecule has 1 amide bonds. The summed E-state index contributed by atoms with van der Waals surface area (Å²) in [4.78, 5) is 24.9. The van der Waals surface area contributed by atoms with Crippen molar-refractivity contribution in [2.45, 2.75) is 0 Å². The lowest BCUT2D eigenvalue weighted by Crippen LogP contribution is -2.36. The number of morpholine rings is 2. The summed E-state index contributed by atoms with van der Waals surface area (Å²) in [5.41, 5.74) is 2.96. The molecule has 13 heteroatoms. The zero-order chi connectivity index (χ0) is 32.0. The van der Waals surface area contributed by atoms with Gasteiger partial charge in [-0.05, 0) is 60.7 Å². The molecule has 2 aliphatic heterocycles. The van der Waals surface area contributed by atoms with Crippen LogP contribution in [0.4, 0.5) is 53.2 Å². The lowest BCUT2D eigenvalue weighted by Gasteiger charge is -2.29. The van der Waals surface area contributed by atoms with E-state index in [0.29, 0.717) is 86.6 Å². The number of rotatable bonds is 9. The third-order valence-corrected chi connectivity index (χ3v) is 7.55. The third kappa shape index (κ3) is 7.22. The van der Waals surface area contributed by atoms with Gasteiger partial charge in [0.2, 0.25) is 11.9 Å². The molecule has 0 aliphatic carbocycles. The van der Waals surface area contributed by atoms with E-state index in [1.807, 2.05) is 9.80 Å². The monoisotopic (exact) mass is 631 g/mol. The lowest BCUT2D eigenvalue weighted by molar-refractivity contribution is -0.111. The molecule has 2 fully saturated rings. The molecule has 238 valence electrons. The number of aromatic nitrogens is 2. The molecule has 46 heavy (non-hydrogen) atoms. The predicted molar refractivity (Wildman–Crippen MR) is 172 cm³/mol. The van der Waals surface area contributed by atoms with E-state index >= 15 is 4.39 Å². The van der Waals surface area contributed by atoms with Crippen LogP contribution in [0.15, 0.2) is 73.4 Å². The molecule has 4 aromatic rings. The van der Waals surface area contributed by atoms with Crippen LogP contribution in [0.2, 0.25) is 0 Å². The largest absolute Gasteiger partial charge is 0.378 e. The summed E-state index contributed by atoms with van der Waals surface area (Å²) in [6.45, 7) is 7.77. The van der Waals surface area contributed by atoms with Gasteiger partial charge in [-0.1, -0.05) is 6.58 Å². The molecule has 0 atom stereocenters. The van der Waals surface area contributed by atoms with Crippen molar-refractivity contribution in [1.29, 1.82) is 0 Å². The molecule has 3 aromatic carbocycles. The van der Waals surface area contributed by atoms with Crippen LogP contribution in [-0.4, -0.2) is 68.5 Å². The second kappa shape index (κ2) is 13.9. The molecule has 0 radical (unpaired) electrons. The van der Waals surface area contributed by atoms with Gasteiger partial charge >= 0.3 is 0 Å². The number of carbonyl (C=O) groups is 1. The van der Waals surface area contributed by atoms with Gasteiger partial charge in [0.05, 0.1) is 55.4 Å². The number of nitrogens with zero attached hydrogens (tertiary/aromatic N) is 4. The van der Waals surface area contributed by atoms with E-state index in [1.165, 1.54) is 30.5 Å². The number of ether oxygens (including phenoxy) is 2. The van der Waals surface area contributed by atoms with Crippen LogP contribution < -0.4 is 25.8 Å². The van der Waals surface area contributed by atoms with Crippen molar-refractivity contribution in [1.82, 2.24) is 9.97 Å². The molecule has 0 saturated carbocycles. The fraction of sp³-hybridized carbons (Fsp3) is 0.242. The Morgan fingerprint density at radius 2 is 1.46 bits per heavy atom. The summed E-state index contributed by atoms with van der Waals surface area (Å²) in [5.74, 6) is -1.77. The first kappa shape index (κ1) is 30.9. The molecular weight excluding hydrogens is 599 g/mol. The van der Waals surface area contributed by atoms with Crippen LogP contribution in [-0.2, 0) is 14.3 Å². The van der Waals surface area contributed by atoms with Gasteiger partial charge < -0.3 is 35.2 Å². The first-order valence-corrected chi connectivity index (χ1v) is 14.8. The van der Waals surface area contributed by atoms with Crippen molar-refractivity contribution in [3.63, 3.8) is 0 Å². The number of halogens is 3. The molecule has 0 unspecified atom stereocenters. The quantitative estimate of drug-likeness (QED) is 0.197. The van der Waals surface area contributed by atoms with E-state index < -0.39 is 17.5 Å². The van der Waals surface area contributed by atoms with Gasteiger partial charge in [0.25, 0.3) is 0 Å². The van der Waals surface area contributed by atoms with Crippen LogP contribution in [0.1, 0.15) is 0 Å². The van der Waals surface area contributed by atoms with E-state index in [4.69, 9.17) is 9.47 Å². The van der Waals surface area contributed by atoms with E-state index in [1.54, 1.807) is 30.3 Å². The molecule has 2 saturated heterocycles. The van der Waals surface area contributed by atoms with Crippen LogP contribution in [0.5, 0.6) is 0 Å². The number of anilines is 7. The Morgan fingerprint density at radius 1 is 0.783 bits per heavy atom. The van der Waals surface area contributed by atoms with E-state index in [-0.39, 0.29) is 23.1 Å². The first-order valence-electron chi connectivity index (χ1n) is 14.8. The number of amides is 1. The Bertz CT molecular complexity index is 1740. The lowest BCUT2D eigenvalue weighted by atomic mass is 10.1. The van der Waals surface area contributed by atoms with E-state index in [0.717, 1.165) is 6.08 Å². The number of nitrogens with one attached hydrogen (secondary N) is 3. The smallest absolute Gasteiger partial charge is 0.247 e. The number of hydrogen-bond acceptors (Lipinski definition) is 9. The Hall–Kier alpha value is -5.14. The van der Waals surface area contributed by atoms with E-state index in [2.05, 4.69) is 32.5 Å². The minimum Gasteiger partial charge on any atom is -0.378 e. The Balaban J connectivity index is 1.34. The highest BCUT2D eigenvalue weighted by molar-refractivity contribution is 5.99. The SMILES string of the molecule is C=CC(=O)Nc1cc(F)cc(-c2nc(Nc3ccc(F)c(N4CCOCC4)c3)ncc2Nc2ccc(N3CCOCC3)c(F)c2)c1. The standard InChI is InChI=1S/C33H32F3N7O3/c1-2-31(44)39-25-16-21(15-22(34)17-25)32-28(38-23-4-6-29(27(36)18-23)42-7-11-45-12-8-42)20-37-33(41-32)40-24-3-5-26(35)30(19-24)43-9-13-46-14-10-43/h2-6,15-20,38H,1,7-14H2,(H,39,44)(H,37,40,41). The van der Waals surface area contributed by atoms with Crippen molar-refractivity contribution in [2.24, 2.45) is 0 Å². The zero-order valence-electron chi connectivity index (χ0n) is 24.9. The fourth-order valence-corrected chi connectivity index (χ4v) is 5.31. The predicted octanol–water partition coefficient (Wildman–Crippen LogP) is 5.85. The highest BCUT2D eigenvalue weighted by Gasteiger charge is 2.19. The van der Waals surface area contributed by atoms with Crippen molar-refractivity contribution in [2.75, 3.05) is 78.4 Å². The summed E-state index contributed by atoms with van der Waals surface area (Å²) < 4.78 is 55.6. The second-order valence-electron chi connectivity index (χ2n) is 10.7. The summed E-state index contributed by atoms with van der Waals surface area (Å²) in [6, 6.07) is 13.4. The first-order chi connectivity index (χ1) is 22.4. The molecule has 3 N–H and O–H groups in total. The molecule has 6 rings (SSSR count). The summed E-state index contributed by atoms with van der Waals surface area (Å²) in [6.07, 6.45) is 2.56. The third-order valence-electron chi connectivity index (χ3n) is 7.55. The zero-order valence-corrected chi connectivity index (χ0v) is 24.9. The van der Waals surface area contributed by atoms with Crippen LogP contribution in [0.25, 0.3) is 11.3 Å². The van der Waals surface area contributed by atoms with E-state index in [9.17, 15) is 13.6 Å². The van der Waals surface area contributed by atoms with Crippen molar-refractivity contribution >= 4 is 46.0 Å². The van der Waals surface area contributed by atoms with Crippen LogP contribution >= 0.6 is 0 Å². The highest BCUT2D eigenvalue weighted by atomic mass is 19.1. The topological polar surface area (TPSA) is 104 Å². The Labute approximate surface area is 263 Å². The number of hydrogen-bond donors (Lipinski definition) is 3. The minimum absolute atomic E-state index is 0.148. The van der Waals surface area contributed by atoms with Gasteiger partial charge in [-0.3, -0.25) is 4.79 Å². The summed E-state index contributed by atoms with van der Waals surface area (Å²) >= 11 is 0. The van der Waals surface area contributed by atoms with Gasteiger partial charge in [-0.2, -0.15) is 0 Å². The molecule has 10 nitrogen and oxygen atoms in total. The molecule has 0 spiro atoms. The second-order valence-corrected chi connectivity index (χ2v) is 10.7. The summed E-state index contributed by atoms with van der Waals surface area (Å²) in [5, 5.41) is 8.83. The van der Waals surface area contributed by atoms with Gasteiger partial charge in [-0.15, -0.1) is 0 Å². The fourth-order valence-electron chi connectivity index (χ4n) is 5.31. The van der Waals surface area contributed by atoms with Gasteiger partial charge in [-0.25, -0.2) is 23.1 Å². The maximum atomic E-state index is 15.2. The van der Waals surface area contributed by atoms with Crippen LogP contribution in [0.3, 0.4) is 0 Å². The van der Waals surface area contributed by atoms with Gasteiger partial charge in [0, 0.05) is 48.8 Å². The van der Waals surface area contributed by atoms with Crippen LogP contribution in [0, 0.1) is 17.5 Å². The van der Waals surface area contributed by atoms with Crippen molar-refractivity contribution in [3.05, 3.63) is 90.9 Å². The summed E-state index contributed by atoms with van der Waals surface area (Å²) in [7, 11) is 0. The normalized spacial score (nSPS) is 14.9. The van der Waals surface area contributed by atoms with Crippen molar-refractivity contribution in [3.8, 4) is 11.3 Å².